The fourth-order valence-electron chi connectivity index (χ4n) is 3.07. The second-order valence-corrected chi connectivity index (χ2v) is 8.05. The van der Waals surface area contributed by atoms with Crippen LogP contribution in [-0.2, 0) is 34.3 Å². The third kappa shape index (κ3) is 5.07. The Hall–Kier alpha value is -2.41. The normalized spacial score (nSPS) is 14.5. The van der Waals surface area contributed by atoms with Crippen LogP contribution in [0.4, 0.5) is 0 Å². The van der Waals surface area contributed by atoms with Crippen LogP contribution < -0.4 is 10.2 Å². The third-order valence-electron chi connectivity index (χ3n) is 4.48. The first-order valence-corrected chi connectivity index (χ1v) is 10.6. The van der Waals surface area contributed by atoms with Gasteiger partial charge in [-0.1, -0.05) is 31.2 Å². The van der Waals surface area contributed by atoms with E-state index in [1.165, 1.54) is 17.8 Å². The second kappa shape index (κ2) is 8.99. The van der Waals surface area contributed by atoms with E-state index in [1.807, 2.05) is 25.1 Å². The van der Waals surface area contributed by atoms with Gasteiger partial charge in [-0.2, -0.15) is 0 Å². The summed E-state index contributed by atoms with van der Waals surface area (Å²) in [4.78, 5) is 29.2. The van der Waals surface area contributed by atoms with Gasteiger partial charge < -0.3 is 14.6 Å². The summed E-state index contributed by atoms with van der Waals surface area (Å²) < 4.78 is 17.7. The molecule has 0 saturated carbocycles. The van der Waals surface area contributed by atoms with E-state index in [-0.39, 0.29) is 28.6 Å². The Kier molecular flexibility index (Phi) is 6.45. The van der Waals surface area contributed by atoms with Crippen molar-refractivity contribution in [3.8, 4) is 5.75 Å². The molecule has 0 radical (unpaired) electrons. The van der Waals surface area contributed by atoms with Crippen molar-refractivity contribution in [1.82, 2.24) is 9.88 Å². The monoisotopic (exact) mass is 388 g/mol. The van der Waals surface area contributed by atoms with Gasteiger partial charge >= 0.3 is 0 Å². The van der Waals surface area contributed by atoms with Gasteiger partial charge in [0.2, 0.25) is 11.3 Å². The lowest BCUT2D eigenvalue weighted by Gasteiger charge is -2.28. The number of aromatic amines is 1. The minimum Gasteiger partial charge on any atom is -0.488 e. The van der Waals surface area contributed by atoms with Gasteiger partial charge in [-0.25, -0.2) is 0 Å². The molecule has 2 heterocycles. The van der Waals surface area contributed by atoms with Crippen LogP contribution in [0.3, 0.4) is 0 Å². The van der Waals surface area contributed by atoms with Gasteiger partial charge in [0.15, 0.2) is 5.75 Å². The molecule has 0 spiro atoms. The molecule has 2 aromatic rings. The fourth-order valence-corrected chi connectivity index (χ4v) is 4.14. The SMILES string of the molecule is CCCOc1c[nH]c(CS(=O)CC(=O)N2CCc3ccccc3C2)cc1=O. The van der Waals surface area contributed by atoms with Crippen molar-refractivity contribution in [2.75, 3.05) is 18.9 Å². The van der Waals surface area contributed by atoms with Gasteiger partial charge in [-0.05, 0) is 24.0 Å². The number of nitrogens with zero attached hydrogens (tertiary/aromatic N) is 1. The molecule has 0 bridgehead atoms. The number of hydrogen-bond acceptors (Lipinski definition) is 4. The fraction of sp³-hybridized carbons (Fsp3) is 0.400. The standard InChI is InChI=1S/C20H24N2O4S/c1-2-9-26-19-11-21-17(10-18(19)23)13-27(25)14-20(24)22-8-7-15-5-3-4-6-16(15)12-22/h3-6,10-11H,2,7-9,12-14H2,1H3,(H,21,23). The quantitative estimate of drug-likeness (QED) is 0.787. The summed E-state index contributed by atoms with van der Waals surface area (Å²) in [5, 5.41) is 0. The van der Waals surface area contributed by atoms with E-state index in [4.69, 9.17) is 4.74 Å². The van der Waals surface area contributed by atoms with Crippen LogP contribution in [0.2, 0.25) is 0 Å². The molecule has 0 aliphatic carbocycles. The number of aromatic nitrogens is 1. The van der Waals surface area contributed by atoms with Crippen molar-refractivity contribution < 1.29 is 13.7 Å². The van der Waals surface area contributed by atoms with Crippen molar-refractivity contribution in [3.63, 3.8) is 0 Å². The number of amides is 1. The lowest BCUT2D eigenvalue weighted by atomic mass is 10.00. The lowest BCUT2D eigenvalue weighted by Crippen LogP contribution is -2.38. The molecule has 1 unspecified atom stereocenters. The smallest absolute Gasteiger partial charge is 0.235 e. The maximum Gasteiger partial charge on any atom is 0.235 e. The van der Waals surface area contributed by atoms with Gasteiger partial charge in [0.05, 0.1) is 12.4 Å². The largest absolute Gasteiger partial charge is 0.488 e. The highest BCUT2D eigenvalue weighted by Crippen LogP contribution is 2.18. The Balaban J connectivity index is 1.56. The van der Waals surface area contributed by atoms with Crippen LogP contribution in [0.25, 0.3) is 0 Å². The molecule has 1 aromatic carbocycles. The lowest BCUT2D eigenvalue weighted by molar-refractivity contribution is -0.129. The van der Waals surface area contributed by atoms with E-state index in [1.54, 1.807) is 4.90 Å². The van der Waals surface area contributed by atoms with Crippen LogP contribution in [0, 0.1) is 0 Å². The highest BCUT2D eigenvalue weighted by molar-refractivity contribution is 7.84. The van der Waals surface area contributed by atoms with E-state index < -0.39 is 10.8 Å². The summed E-state index contributed by atoms with van der Waals surface area (Å²) in [6.07, 6.45) is 3.13. The number of ether oxygens (including phenoxy) is 1. The Morgan fingerprint density at radius 3 is 2.81 bits per heavy atom. The van der Waals surface area contributed by atoms with E-state index in [0.29, 0.717) is 25.4 Å². The zero-order chi connectivity index (χ0) is 19.2. The van der Waals surface area contributed by atoms with E-state index >= 15 is 0 Å². The van der Waals surface area contributed by atoms with Crippen LogP contribution >= 0.6 is 0 Å². The number of rotatable bonds is 7. The molecule has 0 fully saturated rings. The summed E-state index contributed by atoms with van der Waals surface area (Å²) in [5.74, 6) is 0.236. The van der Waals surface area contributed by atoms with Crippen LogP contribution in [0.1, 0.15) is 30.2 Å². The molecule has 1 aromatic heterocycles. The van der Waals surface area contributed by atoms with Crippen LogP contribution in [-0.4, -0.2) is 38.9 Å². The highest BCUT2D eigenvalue weighted by atomic mass is 32.2. The number of pyridine rings is 1. The van der Waals surface area contributed by atoms with Crippen molar-refractivity contribution in [1.29, 1.82) is 0 Å². The minimum atomic E-state index is -1.38. The first-order chi connectivity index (χ1) is 13.1. The van der Waals surface area contributed by atoms with Gasteiger partial charge in [-0.15, -0.1) is 0 Å². The van der Waals surface area contributed by atoms with Gasteiger partial charge in [0, 0.05) is 41.8 Å². The zero-order valence-electron chi connectivity index (χ0n) is 15.4. The van der Waals surface area contributed by atoms with Gasteiger partial charge in [0.1, 0.15) is 5.75 Å². The summed E-state index contributed by atoms with van der Waals surface area (Å²) in [7, 11) is -1.38. The average Bonchev–Trinajstić information content (AvgIpc) is 2.67. The summed E-state index contributed by atoms with van der Waals surface area (Å²) in [6.45, 7) is 3.64. The van der Waals surface area contributed by atoms with Crippen molar-refractivity contribution in [3.05, 3.63) is 63.6 Å². The van der Waals surface area contributed by atoms with E-state index in [9.17, 15) is 13.8 Å². The summed E-state index contributed by atoms with van der Waals surface area (Å²) in [5.41, 5.74) is 2.72. The molecule has 1 amide bonds. The number of nitrogens with one attached hydrogen (secondary N) is 1. The van der Waals surface area contributed by atoms with Crippen LogP contribution in [0.15, 0.2) is 41.3 Å². The molecule has 0 saturated heterocycles. The van der Waals surface area contributed by atoms with E-state index in [2.05, 4.69) is 11.1 Å². The number of carbonyl (C=O) groups excluding carboxylic acids is 1. The van der Waals surface area contributed by atoms with Gasteiger partial charge in [0.25, 0.3) is 0 Å². The van der Waals surface area contributed by atoms with E-state index in [0.717, 1.165) is 18.4 Å². The third-order valence-corrected chi connectivity index (χ3v) is 5.68. The number of hydrogen-bond donors (Lipinski definition) is 1. The summed E-state index contributed by atoms with van der Waals surface area (Å²) in [6, 6.07) is 9.47. The molecule has 144 valence electrons. The predicted molar refractivity (Wildman–Crippen MR) is 105 cm³/mol. The highest BCUT2D eigenvalue weighted by Gasteiger charge is 2.22. The Morgan fingerprint density at radius 1 is 1.30 bits per heavy atom. The molecular weight excluding hydrogens is 364 g/mol. The minimum absolute atomic E-state index is 0.0434. The Bertz CT molecular complexity index is 894. The van der Waals surface area contributed by atoms with Crippen molar-refractivity contribution in [2.45, 2.75) is 32.1 Å². The topological polar surface area (TPSA) is 79.5 Å². The molecule has 1 aliphatic heterocycles. The molecular formula is C20H24N2O4S. The Labute approximate surface area is 161 Å². The van der Waals surface area contributed by atoms with Crippen molar-refractivity contribution >= 4 is 16.7 Å². The first kappa shape index (κ1) is 19.4. The number of H-pyrrole nitrogens is 1. The molecule has 1 N–H and O–H groups in total. The molecule has 3 rings (SSSR count). The van der Waals surface area contributed by atoms with Gasteiger partial charge in [-0.3, -0.25) is 13.8 Å². The number of benzene rings is 1. The molecule has 7 heteroatoms. The summed E-state index contributed by atoms with van der Waals surface area (Å²) >= 11 is 0. The maximum atomic E-state index is 12.5. The molecule has 27 heavy (non-hydrogen) atoms. The maximum absolute atomic E-state index is 12.5. The zero-order valence-corrected chi connectivity index (χ0v) is 16.2. The second-order valence-electron chi connectivity index (χ2n) is 6.60. The number of carbonyl (C=O) groups is 1. The average molecular weight is 388 g/mol. The van der Waals surface area contributed by atoms with Crippen LogP contribution in [0.5, 0.6) is 5.75 Å². The molecule has 1 atom stereocenters. The van der Waals surface area contributed by atoms with Crippen molar-refractivity contribution in [2.24, 2.45) is 0 Å². The molecule has 6 nitrogen and oxygen atoms in total. The first-order valence-electron chi connectivity index (χ1n) is 9.10. The molecule has 1 aliphatic rings. The number of fused-ring (bicyclic) bond motifs is 1. The predicted octanol–water partition coefficient (Wildman–Crippen LogP) is 2.00. The Morgan fingerprint density at radius 2 is 2.07 bits per heavy atom.